The Kier molecular flexibility index (Phi) is 6.67. The summed E-state index contributed by atoms with van der Waals surface area (Å²) < 4.78 is 5.50. The van der Waals surface area contributed by atoms with Crippen molar-refractivity contribution in [3.8, 4) is 5.75 Å². The molecule has 0 saturated heterocycles. The third kappa shape index (κ3) is 4.73. The van der Waals surface area contributed by atoms with Gasteiger partial charge in [-0.15, -0.1) is 12.4 Å². The molecule has 19 heavy (non-hydrogen) atoms. The number of para-hydroxylation sites is 1. The Balaban J connectivity index is 0.00000180. The third-order valence-corrected chi connectivity index (χ3v) is 3.32. The summed E-state index contributed by atoms with van der Waals surface area (Å²) in [4.78, 5) is 11.8. The first-order valence-corrected chi connectivity index (χ1v) is 6.48. The molecule has 1 fully saturated rings. The van der Waals surface area contributed by atoms with Gasteiger partial charge in [-0.3, -0.25) is 4.79 Å². The number of hydrogen-bond donors (Lipinski definition) is 2. The molecule has 1 aromatic carbocycles. The number of nitrogens with one attached hydrogen (secondary N) is 1. The van der Waals surface area contributed by atoms with Gasteiger partial charge in [0.25, 0.3) is 0 Å². The molecular weight excluding hydrogens is 264 g/mol. The fourth-order valence-electron chi connectivity index (χ4n) is 2.31. The monoisotopic (exact) mass is 284 g/mol. The molecule has 0 bridgehead atoms. The zero-order chi connectivity index (χ0) is 12.8. The lowest BCUT2D eigenvalue weighted by Gasteiger charge is -2.15. The van der Waals surface area contributed by atoms with E-state index in [1.807, 2.05) is 30.3 Å². The van der Waals surface area contributed by atoms with Crippen LogP contribution in [-0.4, -0.2) is 25.1 Å². The van der Waals surface area contributed by atoms with E-state index in [1.54, 1.807) is 0 Å². The smallest absolute Gasteiger partial charge is 0.224 e. The van der Waals surface area contributed by atoms with Crippen molar-refractivity contribution in [3.63, 3.8) is 0 Å². The van der Waals surface area contributed by atoms with E-state index in [0.29, 0.717) is 13.2 Å². The second-order valence-corrected chi connectivity index (χ2v) is 4.65. The molecule has 0 aromatic heterocycles. The van der Waals surface area contributed by atoms with Gasteiger partial charge in [0.1, 0.15) is 12.4 Å². The maximum Gasteiger partial charge on any atom is 0.224 e. The molecule has 1 aliphatic carbocycles. The summed E-state index contributed by atoms with van der Waals surface area (Å²) in [5.41, 5.74) is 5.88. The van der Waals surface area contributed by atoms with Crippen LogP contribution in [0.5, 0.6) is 5.75 Å². The van der Waals surface area contributed by atoms with Gasteiger partial charge in [0.15, 0.2) is 0 Å². The molecule has 3 N–H and O–H groups in total. The molecule has 2 unspecified atom stereocenters. The van der Waals surface area contributed by atoms with E-state index in [9.17, 15) is 4.79 Å². The van der Waals surface area contributed by atoms with E-state index >= 15 is 0 Å². The minimum absolute atomic E-state index is 0. The van der Waals surface area contributed by atoms with Crippen molar-refractivity contribution in [1.82, 2.24) is 5.32 Å². The molecule has 2 atom stereocenters. The quantitative estimate of drug-likeness (QED) is 0.810. The van der Waals surface area contributed by atoms with Crippen LogP contribution in [0.4, 0.5) is 0 Å². The summed E-state index contributed by atoms with van der Waals surface area (Å²) in [5.74, 6) is 0.878. The SMILES string of the molecule is Cl.NC1CCCC1C(=O)NCCOc1ccccc1. The van der Waals surface area contributed by atoms with Crippen LogP contribution in [0.25, 0.3) is 0 Å². The van der Waals surface area contributed by atoms with Crippen molar-refractivity contribution >= 4 is 18.3 Å². The van der Waals surface area contributed by atoms with E-state index in [1.165, 1.54) is 0 Å². The van der Waals surface area contributed by atoms with Crippen molar-refractivity contribution in [2.24, 2.45) is 11.7 Å². The first-order valence-electron chi connectivity index (χ1n) is 6.48. The van der Waals surface area contributed by atoms with Gasteiger partial charge >= 0.3 is 0 Å². The fraction of sp³-hybridized carbons (Fsp3) is 0.500. The lowest BCUT2D eigenvalue weighted by atomic mass is 10.0. The van der Waals surface area contributed by atoms with Crippen molar-refractivity contribution in [2.75, 3.05) is 13.2 Å². The third-order valence-electron chi connectivity index (χ3n) is 3.32. The zero-order valence-corrected chi connectivity index (χ0v) is 11.7. The Labute approximate surface area is 120 Å². The van der Waals surface area contributed by atoms with Crippen molar-refractivity contribution in [3.05, 3.63) is 30.3 Å². The van der Waals surface area contributed by atoms with Crippen LogP contribution < -0.4 is 15.8 Å². The lowest BCUT2D eigenvalue weighted by Crippen LogP contribution is -2.40. The normalized spacial score (nSPS) is 21.5. The molecule has 106 valence electrons. The number of halogens is 1. The Bertz CT molecular complexity index is 386. The predicted molar refractivity (Wildman–Crippen MR) is 77.5 cm³/mol. The fourth-order valence-corrected chi connectivity index (χ4v) is 2.31. The molecular formula is C14H21ClN2O2. The summed E-state index contributed by atoms with van der Waals surface area (Å²) in [6, 6.07) is 9.61. The first kappa shape index (κ1) is 15.8. The summed E-state index contributed by atoms with van der Waals surface area (Å²) in [7, 11) is 0. The Morgan fingerprint density at radius 2 is 2.05 bits per heavy atom. The molecule has 1 saturated carbocycles. The van der Waals surface area contributed by atoms with Gasteiger partial charge in [0, 0.05) is 6.04 Å². The number of hydrogen-bond acceptors (Lipinski definition) is 3. The maximum atomic E-state index is 11.8. The molecule has 0 heterocycles. The van der Waals surface area contributed by atoms with Crippen LogP contribution in [0.15, 0.2) is 30.3 Å². The van der Waals surface area contributed by atoms with E-state index in [-0.39, 0.29) is 30.3 Å². The van der Waals surface area contributed by atoms with Gasteiger partial charge < -0.3 is 15.8 Å². The van der Waals surface area contributed by atoms with Gasteiger partial charge in [0.05, 0.1) is 12.5 Å². The number of carbonyl (C=O) groups excluding carboxylic acids is 1. The van der Waals surface area contributed by atoms with Crippen LogP contribution in [0, 0.1) is 5.92 Å². The molecule has 4 nitrogen and oxygen atoms in total. The van der Waals surface area contributed by atoms with Gasteiger partial charge in [0.2, 0.25) is 5.91 Å². The molecule has 0 spiro atoms. The highest BCUT2D eigenvalue weighted by atomic mass is 35.5. The second kappa shape index (κ2) is 8.02. The van der Waals surface area contributed by atoms with E-state index < -0.39 is 0 Å². The number of carbonyl (C=O) groups is 1. The van der Waals surface area contributed by atoms with Crippen molar-refractivity contribution < 1.29 is 9.53 Å². The van der Waals surface area contributed by atoms with Crippen LogP contribution in [0.3, 0.4) is 0 Å². The van der Waals surface area contributed by atoms with Gasteiger partial charge in [-0.1, -0.05) is 24.6 Å². The zero-order valence-electron chi connectivity index (χ0n) is 10.9. The summed E-state index contributed by atoms with van der Waals surface area (Å²) in [5, 5.41) is 2.88. The molecule has 5 heteroatoms. The van der Waals surface area contributed by atoms with Crippen LogP contribution in [0.1, 0.15) is 19.3 Å². The molecule has 0 radical (unpaired) electrons. The van der Waals surface area contributed by atoms with Crippen molar-refractivity contribution in [1.29, 1.82) is 0 Å². The number of ether oxygens (including phenoxy) is 1. The lowest BCUT2D eigenvalue weighted by molar-refractivity contribution is -0.125. The van der Waals surface area contributed by atoms with Crippen LogP contribution >= 0.6 is 12.4 Å². The standard InChI is InChI=1S/C14H20N2O2.ClH/c15-13-8-4-7-12(13)14(17)16-9-10-18-11-5-2-1-3-6-11;/h1-3,5-6,12-13H,4,7-10,15H2,(H,16,17);1H. The number of amides is 1. The van der Waals surface area contributed by atoms with Crippen LogP contribution in [-0.2, 0) is 4.79 Å². The van der Waals surface area contributed by atoms with Gasteiger partial charge in [-0.2, -0.15) is 0 Å². The molecule has 1 amide bonds. The Morgan fingerprint density at radius 1 is 1.32 bits per heavy atom. The predicted octanol–water partition coefficient (Wildman–Crippen LogP) is 1.73. The van der Waals surface area contributed by atoms with Gasteiger partial charge in [-0.05, 0) is 25.0 Å². The summed E-state index contributed by atoms with van der Waals surface area (Å²) in [6.45, 7) is 1.01. The Hall–Kier alpha value is -1.26. The Morgan fingerprint density at radius 3 is 2.68 bits per heavy atom. The highest BCUT2D eigenvalue weighted by Gasteiger charge is 2.29. The highest BCUT2D eigenvalue weighted by molar-refractivity contribution is 5.85. The maximum absolute atomic E-state index is 11.8. The second-order valence-electron chi connectivity index (χ2n) is 4.65. The first-order chi connectivity index (χ1) is 8.77. The molecule has 1 aliphatic rings. The minimum atomic E-state index is -0.0123. The molecule has 0 aliphatic heterocycles. The summed E-state index contributed by atoms with van der Waals surface area (Å²) in [6.07, 6.45) is 2.92. The largest absolute Gasteiger partial charge is 0.492 e. The van der Waals surface area contributed by atoms with E-state index in [4.69, 9.17) is 10.5 Å². The minimum Gasteiger partial charge on any atom is -0.492 e. The summed E-state index contributed by atoms with van der Waals surface area (Å²) >= 11 is 0. The number of benzene rings is 1. The number of rotatable bonds is 5. The van der Waals surface area contributed by atoms with E-state index in [0.717, 1.165) is 25.0 Å². The number of nitrogens with two attached hydrogens (primary N) is 1. The molecule has 1 aromatic rings. The highest BCUT2D eigenvalue weighted by Crippen LogP contribution is 2.23. The van der Waals surface area contributed by atoms with Gasteiger partial charge in [-0.25, -0.2) is 0 Å². The van der Waals surface area contributed by atoms with Crippen LogP contribution in [0.2, 0.25) is 0 Å². The average molecular weight is 285 g/mol. The van der Waals surface area contributed by atoms with Crippen molar-refractivity contribution in [2.45, 2.75) is 25.3 Å². The molecule has 2 rings (SSSR count). The average Bonchev–Trinajstić information content (AvgIpc) is 2.82. The topological polar surface area (TPSA) is 64.4 Å². The van der Waals surface area contributed by atoms with E-state index in [2.05, 4.69) is 5.32 Å².